The molecule has 0 bridgehead atoms. The molecule has 0 aliphatic carbocycles. The molecular weight excluding hydrogens is 254 g/mol. The van der Waals surface area contributed by atoms with Crippen LogP contribution in [0.4, 0.5) is 11.4 Å². The molecule has 1 unspecified atom stereocenters. The van der Waals surface area contributed by atoms with Gasteiger partial charge in [-0.2, -0.15) is 0 Å². The maximum absolute atomic E-state index is 11.2. The van der Waals surface area contributed by atoms with Gasteiger partial charge in [0, 0.05) is 30.5 Å². The van der Waals surface area contributed by atoms with Gasteiger partial charge in [0.05, 0.1) is 5.56 Å². The summed E-state index contributed by atoms with van der Waals surface area (Å²) in [7, 11) is 2.14. The maximum atomic E-state index is 11.2. The highest BCUT2D eigenvalue weighted by Crippen LogP contribution is 2.25. The summed E-state index contributed by atoms with van der Waals surface area (Å²) in [6.45, 7) is 5.20. The van der Waals surface area contributed by atoms with Crippen molar-refractivity contribution in [2.24, 2.45) is 0 Å². The first-order chi connectivity index (χ1) is 9.52. The van der Waals surface area contributed by atoms with E-state index in [4.69, 9.17) is 5.73 Å². The van der Waals surface area contributed by atoms with Crippen LogP contribution in [0, 0.1) is 0 Å². The van der Waals surface area contributed by atoms with E-state index in [9.17, 15) is 9.90 Å². The average molecular weight is 277 g/mol. The smallest absolute Gasteiger partial charge is 0.337 e. The van der Waals surface area contributed by atoms with E-state index in [0.29, 0.717) is 11.7 Å². The van der Waals surface area contributed by atoms with E-state index < -0.39 is 5.97 Å². The molecule has 1 fully saturated rings. The molecule has 1 atom stereocenters. The number of carbonyl (C=O) groups is 1. The number of likely N-dealkylation sites (N-methyl/N-ethyl adjacent to an activating group) is 1. The Hall–Kier alpha value is -1.75. The van der Waals surface area contributed by atoms with Gasteiger partial charge in [-0.05, 0) is 44.6 Å². The second-order valence-electron chi connectivity index (χ2n) is 5.45. The predicted octanol–water partition coefficient (Wildman–Crippen LogP) is 1.89. The van der Waals surface area contributed by atoms with Crippen LogP contribution in [0.2, 0.25) is 0 Å². The lowest BCUT2D eigenvalue weighted by Gasteiger charge is -2.32. The number of hydrogen-bond acceptors (Lipinski definition) is 4. The fourth-order valence-electron chi connectivity index (χ4n) is 2.84. The highest BCUT2D eigenvalue weighted by atomic mass is 16.4. The number of benzene rings is 1. The van der Waals surface area contributed by atoms with Crippen LogP contribution in [-0.2, 0) is 0 Å². The number of aromatic carboxylic acids is 1. The highest BCUT2D eigenvalue weighted by Gasteiger charge is 2.23. The first-order valence-electron chi connectivity index (χ1n) is 7.11. The van der Waals surface area contributed by atoms with Crippen LogP contribution in [0.1, 0.15) is 30.1 Å². The number of carboxylic acids is 1. The van der Waals surface area contributed by atoms with Gasteiger partial charge in [-0.1, -0.05) is 6.92 Å². The van der Waals surface area contributed by atoms with Crippen LogP contribution in [0.15, 0.2) is 18.2 Å². The Kier molecular flexibility index (Phi) is 4.49. The molecule has 1 aromatic carbocycles. The highest BCUT2D eigenvalue weighted by molar-refractivity contribution is 5.94. The topological polar surface area (TPSA) is 69.8 Å². The van der Waals surface area contributed by atoms with Crippen molar-refractivity contribution < 1.29 is 9.90 Å². The average Bonchev–Trinajstić information content (AvgIpc) is 2.60. The van der Waals surface area contributed by atoms with E-state index in [1.165, 1.54) is 0 Å². The number of nitrogens with two attached hydrogens (primary N) is 1. The lowest BCUT2D eigenvalue weighted by molar-refractivity contribution is 0.0698. The molecule has 1 saturated heterocycles. The van der Waals surface area contributed by atoms with Crippen LogP contribution >= 0.6 is 0 Å². The molecule has 1 heterocycles. The van der Waals surface area contributed by atoms with Crippen LogP contribution < -0.4 is 10.6 Å². The van der Waals surface area contributed by atoms with E-state index in [1.807, 2.05) is 6.07 Å². The van der Waals surface area contributed by atoms with Gasteiger partial charge in [0.15, 0.2) is 0 Å². The number of carboxylic acid groups (broad SMARTS) is 1. The Morgan fingerprint density at radius 2 is 2.20 bits per heavy atom. The van der Waals surface area contributed by atoms with Crippen molar-refractivity contribution in [1.82, 2.24) is 4.90 Å². The number of nitrogens with zero attached hydrogens (tertiary/aromatic N) is 2. The molecule has 1 aliphatic rings. The maximum Gasteiger partial charge on any atom is 0.337 e. The van der Waals surface area contributed by atoms with Crippen LogP contribution in [-0.4, -0.2) is 48.7 Å². The molecule has 3 N–H and O–H groups in total. The SMILES string of the molecule is CCC1CN(C)CCCN1c1ccc(N)c(C(=O)O)c1. The van der Waals surface area contributed by atoms with Crippen molar-refractivity contribution in [2.45, 2.75) is 25.8 Å². The fourth-order valence-corrected chi connectivity index (χ4v) is 2.84. The molecular formula is C15H23N3O2. The molecule has 0 amide bonds. The van der Waals surface area contributed by atoms with Gasteiger partial charge in [-0.3, -0.25) is 0 Å². The molecule has 20 heavy (non-hydrogen) atoms. The van der Waals surface area contributed by atoms with Gasteiger partial charge in [0.1, 0.15) is 0 Å². The second kappa shape index (κ2) is 6.13. The second-order valence-corrected chi connectivity index (χ2v) is 5.45. The van der Waals surface area contributed by atoms with Gasteiger partial charge >= 0.3 is 5.97 Å². The van der Waals surface area contributed by atoms with Crippen LogP contribution in [0.3, 0.4) is 0 Å². The quantitative estimate of drug-likeness (QED) is 0.826. The van der Waals surface area contributed by atoms with Gasteiger partial charge in [-0.15, -0.1) is 0 Å². The molecule has 5 heteroatoms. The first kappa shape index (κ1) is 14.7. The normalized spacial score (nSPS) is 20.7. The third kappa shape index (κ3) is 3.04. The van der Waals surface area contributed by atoms with Gasteiger partial charge < -0.3 is 20.6 Å². The van der Waals surface area contributed by atoms with Crippen molar-refractivity contribution in [3.05, 3.63) is 23.8 Å². The fraction of sp³-hybridized carbons (Fsp3) is 0.533. The van der Waals surface area contributed by atoms with Crippen molar-refractivity contribution in [3.63, 3.8) is 0 Å². The number of rotatable bonds is 3. The number of anilines is 2. The van der Waals surface area contributed by atoms with Crippen molar-refractivity contribution in [1.29, 1.82) is 0 Å². The Bertz CT molecular complexity index is 490. The van der Waals surface area contributed by atoms with Gasteiger partial charge in [-0.25, -0.2) is 4.79 Å². The summed E-state index contributed by atoms with van der Waals surface area (Å²) < 4.78 is 0. The summed E-state index contributed by atoms with van der Waals surface area (Å²) >= 11 is 0. The molecule has 1 aliphatic heterocycles. The summed E-state index contributed by atoms with van der Waals surface area (Å²) in [6, 6.07) is 5.73. The number of hydrogen-bond donors (Lipinski definition) is 2. The summed E-state index contributed by atoms with van der Waals surface area (Å²) in [4.78, 5) is 15.9. The van der Waals surface area contributed by atoms with E-state index >= 15 is 0 Å². The zero-order valence-corrected chi connectivity index (χ0v) is 12.2. The first-order valence-corrected chi connectivity index (χ1v) is 7.11. The Morgan fingerprint density at radius 3 is 2.85 bits per heavy atom. The van der Waals surface area contributed by atoms with Crippen molar-refractivity contribution in [2.75, 3.05) is 37.3 Å². The largest absolute Gasteiger partial charge is 0.478 e. The molecule has 0 aromatic heterocycles. The van der Waals surface area contributed by atoms with Crippen molar-refractivity contribution >= 4 is 17.3 Å². The predicted molar refractivity (Wildman–Crippen MR) is 81.4 cm³/mol. The van der Waals surface area contributed by atoms with E-state index in [-0.39, 0.29) is 5.56 Å². The third-order valence-electron chi connectivity index (χ3n) is 3.97. The molecule has 0 radical (unpaired) electrons. The summed E-state index contributed by atoms with van der Waals surface area (Å²) in [5.41, 5.74) is 7.20. The zero-order valence-electron chi connectivity index (χ0n) is 12.2. The summed E-state index contributed by atoms with van der Waals surface area (Å²) in [5, 5.41) is 9.20. The monoisotopic (exact) mass is 277 g/mol. The van der Waals surface area contributed by atoms with E-state index in [0.717, 1.165) is 38.2 Å². The minimum Gasteiger partial charge on any atom is -0.478 e. The van der Waals surface area contributed by atoms with Crippen LogP contribution in [0.25, 0.3) is 0 Å². The summed E-state index contributed by atoms with van der Waals surface area (Å²) in [5.74, 6) is -0.968. The lowest BCUT2D eigenvalue weighted by atomic mass is 10.1. The molecule has 110 valence electrons. The third-order valence-corrected chi connectivity index (χ3v) is 3.97. The van der Waals surface area contributed by atoms with Gasteiger partial charge in [0.2, 0.25) is 0 Å². The zero-order chi connectivity index (χ0) is 14.7. The minimum absolute atomic E-state index is 0.190. The molecule has 0 saturated carbocycles. The van der Waals surface area contributed by atoms with Crippen LogP contribution in [0.5, 0.6) is 0 Å². The number of nitrogen functional groups attached to an aromatic ring is 1. The molecule has 0 spiro atoms. The minimum atomic E-state index is -0.968. The Morgan fingerprint density at radius 1 is 1.45 bits per heavy atom. The summed E-state index contributed by atoms with van der Waals surface area (Å²) in [6.07, 6.45) is 2.12. The van der Waals surface area contributed by atoms with E-state index in [2.05, 4.69) is 23.8 Å². The molecule has 2 rings (SSSR count). The van der Waals surface area contributed by atoms with Crippen molar-refractivity contribution in [3.8, 4) is 0 Å². The lowest BCUT2D eigenvalue weighted by Crippen LogP contribution is -2.39. The standard InChI is InChI=1S/C15H23N3O2/c1-3-11-10-17(2)7-4-8-18(11)12-5-6-14(16)13(9-12)15(19)20/h5-6,9,11H,3-4,7-8,10,16H2,1-2H3,(H,19,20). The van der Waals surface area contributed by atoms with E-state index in [1.54, 1.807) is 12.1 Å². The molecule has 1 aromatic rings. The molecule has 5 nitrogen and oxygen atoms in total. The Labute approximate surface area is 120 Å². The van der Waals surface area contributed by atoms with Gasteiger partial charge in [0.25, 0.3) is 0 Å². The Balaban J connectivity index is 2.33.